The monoisotopic (exact) mass is 288 g/mol. The molecule has 7 nitrogen and oxygen atoms in total. The van der Waals surface area contributed by atoms with Crippen LogP contribution in [0.15, 0.2) is 0 Å². The van der Waals surface area contributed by atoms with Crippen LogP contribution >= 0.6 is 0 Å². The second kappa shape index (κ2) is 7.44. The number of carboxylic acids is 1. The summed E-state index contributed by atoms with van der Waals surface area (Å²) >= 11 is 0. The molecule has 1 fully saturated rings. The van der Waals surface area contributed by atoms with Crippen LogP contribution in [0.1, 0.15) is 20.8 Å². The highest BCUT2D eigenvalue weighted by molar-refractivity contribution is 5.76. The van der Waals surface area contributed by atoms with Crippen LogP contribution in [0.3, 0.4) is 0 Å². The van der Waals surface area contributed by atoms with Gasteiger partial charge < -0.3 is 24.7 Å². The Morgan fingerprint density at radius 1 is 1.45 bits per heavy atom. The molecule has 2 amide bonds. The number of aliphatic hydroxyl groups excluding tert-OH is 1. The van der Waals surface area contributed by atoms with Crippen molar-refractivity contribution in [1.82, 2.24) is 9.80 Å². The van der Waals surface area contributed by atoms with E-state index >= 15 is 0 Å². The van der Waals surface area contributed by atoms with E-state index in [4.69, 9.17) is 14.9 Å². The van der Waals surface area contributed by atoms with Crippen molar-refractivity contribution in [3.05, 3.63) is 0 Å². The minimum Gasteiger partial charge on any atom is -0.481 e. The van der Waals surface area contributed by atoms with Crippen LogP contribution in [0.5, 0.6) is 0 Å². The van der Waals surface area contributed by atoms with Crippen LogP contribution in [0.2, 0.25) is 0 Å². The van der Waals surface area contributed by atoms with Gasteiger partial charge in [0, 0.05) is 19.6 Å². The standard InChI is InChI=1S/C13H24N2O5/c1-4-14(5-9(2)12(17)18)13(19)15-6-10(3)20-11(7-15)8-16/h9-11,16H,4-8H2,1-3H3,(H,17,18). The van der Waals surface area contributed by atoms with Crippen molar-refractivity contribution < 1.29 is 24.5 Å². The zero-order chi connectivity index (χ0) is 15.3. The van der Waals surface area contributed by atoms with Crippen molar-refractivity contribution in [3.8, 4) is 0 Å². The average Bonchev–Trinajstić information content (AvgIpc) is 2.42. The van der Waals surface area contributed by atoms with E-state index in [1.165, 1.54) is 4.90 Å². The number of carboxylic acid groups (broad SMARTS) is 1. The van der Waals surface area contributed by atoms with Gasteiger partial charge in [0.1, 0.15) is 0 Å². The van der Waals surface area contributed by atoms with Crippen LogP contribution in [0.4, 0.5) is 4.79 Å². The van der Waals surface area contributed by atoms with E-state index in [-0.39, 0.29) is 31.4 Å². The van der Waals surface area contributed by atoms with E-state index in [0.717, 1.165) is 0 Å². The largest absolute Gasteiger partial charge is 0.481 e. The first-order valence-electron chi connectivity index (χ1n) is 6.92. The Bertz CT molecular complexity index is 350. The summed E-state index contributed by atoms with van der Waals surface area (Å²) in [6, 6.07) is -0.200. The molecule has 2 N–H and O–H groups in total. The highest BCUT2D eigenvalue weighted by Crippen LogP contribution is 2.14. The van der Waals surface area contributed by atoms with Gasteiger partial charge in [-0.3, -0.25) is 4.79 Å². The first kappa shape index (κ1) is 16.7. The number of amides is 2. The van der Waals surface area contributed by atoms with E-state index in [1.54, 1.807) is 11.8 Å². The molecule has 1 aliphatic rings. The average molecular weight is 288 g/mol. The number of nitrogens with zero attached hydrogens (tertiary/aromatic N) is 2. The Morgan fingerprint density at radius 3 is 2.60 bits per heavy atom. The van der Waals surface area contributed by atoms with Gasteiger partial charge >= 0.3 is 12.0 Å². The van der Waals surface area contributed by atoms with Crippen LogP contribution in [-0.2, 0) is 9.53 Å². The maximum Gasteiger partial charge on any atom is 0.320 e. The lowest BCUT2D eigenvalue weighted by Crippen LogP contribution is -2.55. The molecule has 1 aliphatic heterocycles. The molecule has 0 aromatic carbocycles. The molecule has 116 valence electrons. The molecule has 1 saturated heterocycles. The highest BCUT2D eigenvalue weighted by Gasteiger charge is 2.31. The summed E-state index contributed by atoms with van der Waals surface area (Å²) in [6.45, 7) is 6.53. The fraction of sp³-hybridized carbons (Fsp3) is 0.846. The molecule has 3 atom stereocenters. The Labute approximate surface area is 119 Å². The SMILES string of the molecule is CCN(CC(C)C(=O)O)C(=O)N1CC(C)OC(CO)C1. The highest BCUT2D eigenvalue weighted by atomic mass is 16.5. The lowest BCUT2D eigenvalue weighted by atomic mass is 10.1. The molecule has 0 aliphatic carbocycles. The van der Waals surface area contributed by atoms with Crippen molar-refractivity contribution in [2.24, 2.45) is 5.92 Å². The summed E-state index contributed by atoms with van der Waals surface area (Å²) in [6.07, 6.45) is -0.515. The van der Waals surface area contributed by atoms with Gasteiger partial charge in [0.15, 0.2) is 0 Å². The number of aliphatic carboxylic acids is 1. The van der Waals surface area contributed by atoms with E-state index in [1.807, 2.05) is 13.8 Å². The third kappa shape index (κ3) is 4.35. The van der Waals surface area contributed by atoms with Crippen molar-refractivity contribution >= 4 is 12.0 Å². The molecule has 0 aromatic rings. The van der Waals surface area contributed by atoms with Crippen LogP contribution in [0, 0.1) is 5.92 Å². The minimum atomic E-state index is -0.917. The number of carbonyl (C=O) groups is 2. The van der Waals surface area contributed by atoms with Gasteiger partial charge in [0.05, 0.1) is 31.3 Å². The number of urea groups is 1. The van der Waals surface area contributed by atoms with Crippen molar-refractivity contribution in [2.75, 3.05) is 32.8 Å². The molecule has 3 unspecified atom stereocenters. The van der Waals surface area contributed by atoms with E-state index in [0.29, 0.717) is 19.6 Å². The summed E-state index contributed by atoms with van der Waals surface area (Å²) in [5, 5.41) is 18.1. The maximum absolute atomic E-state index is 12.4. The molecule has 0 aromatic heterocycles. The molecule has 1 heterocycles. The Morgan fingerprint density at radius 2 is 2.10 bits per heavy atom. The summed E-state index contributed by atoms with van der Waals surface area (Å²) in [7, 11) is 0. The number of hydrogen-bond acceptors (Lipinski definition) is 4. The second-order valence-corrected chi connectivity index (χ2v) is 5.22. The topological polar surface area (TPSA) is 90.3 Å². The van der Waals surface area contributed by atoms with Gasteiger partial charge in [0.25, 0.3) is 0 Å². The van der Waals surface area contributed by atoms with Gasteiger partial charge in [-0.15, -0.1) is 0 Å². The Kier molecular flexibility index (Phi) is 6.22. The van der Waals surface area contributed by atoms with E-state index in [9.17, 15) is 9.59 Å². The van der Waals surface area contributed by atoms with Crippen molar-refractivity contribution in [3.63, 3.8) is 0 Å². The maximum atomic E-state index is 12.4. The van der Waals surface area contributed by atoms with Crippen molar-refractivity contribution in [1.29, 1.82) is 0 Å². The van der Waals surface area contributed by atoms with Gasteiger partial charge in [-0.25, -0.2) is 4.79 Å². The molecule has 0 radical (unpaired) electrons. The molecular weight excluding hydrogens is 264 g/mol. The zero-order valence-electron chi connectivity index (χ0n) is 12.3. The quantitative estimate of drug-likeness (QED) is 0.756. The van der Waals surface area contributed by atoms with E-state index < -0.39 is 11.9 Å². The van der Waals surface area contributed by atoms with Gasteiger partial charge in [-0.2, -0.15) is 0 Å². The molecule has 7 heteroatoms. The smallest absolute Gasteiger partial charge is 0.320 e. The first-order valence-corrected chi connectivity index (χ1v) is 6.92. The predicted molar refractivity (Wildman–Crippen MR) is 72.4 cm³/mol. The van der Waals surface area contributed by atoms with E-state index in [2.05, 4.69) is 0 Å². The normalized spacial score (nSPS) is 24.3. The fourth-order valence-corrected chi connectivity index (χ4v) is 2.25. The number of hydrogen-bond donors (Lipinski definition) is 2. The van der Waals surface area contributed by atoms with Crippen LogP contribution in [0.25, 0.3) is 0 Å². The third-order valence-electron chi connectivity index (χ3n) is 3.37. The van der Waals surface area contributed by atoms with Crippen LogP contribution in [-0.4, -0.2) is 77.0 Å². The molecule has 20 heavy (non-hydrogen) atoms. The third-order valence-corrected chi connectivity index (χ3v) is 3.37. The molecule has 1 rings (SSSR count). The molecule has 0 saturated carbocycles. The zero-order valence-corrected chi connectivity index (χ0v) is 12.3. The molecule has 0 spiro atoms. The second-order valence-electron chi connectivity index (χ2n) is 5.22. The number of ether oxygens (including phenoxy) is 1. The molecular formula is C13H24N2O5. The number of morpholine rings is 1. The summed E-state index contributed by atoms with van der Waals surface area (Å²) in [5.74, 6) is -1.52. The fourth-order valence-electron chi connectivity index (χ4n) is 2.25. The van der Waals surface area contributed by atoms with Gasteiger partial charge in [-0.1, -0.05) is 6.92 Å². The number of carbonyl (C=O) groups excluding carboxylic acids is 1. The summed E-state index contributed by atoms with van der Waals surface area (Å²) in [5.41, 5.74) is 0. The van der Waals surface area contributed by atoms with Crippen LogP contribution < -0.4 is 0 Å². The minimum absolute atomic E-state index is 0.133. The number of rotatable bonds is 5. The lowest BCUT2D eigenvalue weighted by molar-refractivity contribution is -0.141. The summed E-state index contributed by atoms with van der Waals surface area (Å²) in [4.78, 5) is 26.4. The lowest BCUT2D eigenvalue weighted by Gasteiger charge is -2.38. The Balaban J connectivity index is 2.67. The van der Waals surface area contributed by atoms with Gasteiger partial charge in [0.2, 0.25) is 0 Å². The molecule has 0 bridgehead atoms. The Hall–Kier alpha value is -1.34. The number of aliphatic hydroxyl groups is 1. The first-order chi connectivity index (χ1) is 9.38. The van der Waals surface area contributed by atoms with Gasteiger partial charge in [-0.05, 0) is 13.8 Å². The summed E-state index contributed by atoms with van der Waals surface area (Å²) < 4.78 is 5.49. The predicted octanol–water partition coefficient (Wildman–Crippen LogP) is 0.231. The van der Waals surface area contributed by atoms with Crippen molar-refractivity contribution in [2.45, 2.75) is 33.0 Å².